The fraction of sp³-hybridized carbons (Fsp3) is 1.00. The van der Waals surface area contributed by atoms with E-state index in [0.29, 0.717) is 23.6 Å². The lowest BCUT2D eigenvalue weighted by Crippen LogP contribution is -2.10. The molecule has 5 nitrogen and oxygen atoms in total. The third-order valence-electron chi connectivity index (χ3n) is 0.688. The van der Waals surface area contributed by atoms with Gasteiger partial charge in [0.05, 0.1) is 13.2 Å². The first-order valence-electron chi connectivity index (χ1n) is 2.63. The van der Waals surface area contributed by atoms with Crippen molar-refractivity contribution in [2.24, 2.45) is 0 Å². The van der Waals surface area contributed by atoms with Crippen LogP contribution in [0.2, 0.25) is 0 Å². The number of hydrogen-bond acceptors (Lipinski definition) is 3. The highest BCUT2D eigenvalue weighted by atomic mass is 31.1. The Kier molecular flexibility index (Phi) is 4.12. The zero-order valence-corrected chi connectivity index (χ0v) is 8.01. The van der Waals surface area contributed by atoms with E-state index in [2.05, 4.69) is 9.02 Å². The van der Waals surface area contributed by atoms with E-state index in [9.17, 15) is 0 Å². The Bertz CT molecular complexity index is 184. The van der Waals surface area contributed by atoms with Gasteiger partial charge < -0.3 is 9.62 Å². The molecule has 0 aliphatic rings. The van der Waals surface area contributed by atoms with Crippen LogP contribution in [0.25, 0.3) is 0 Å². The molecule has 0 radical (unpaired) electrons. The summed E-state index contributed by atoms with van der Waals surface area (Å²) in [6.07, 6.45) is 0. The maximum Gasteiger partial charge on any atom is 0.169 e. The van der Waals surface area contributed by atoms with Gasteiger partial charge in [0.1, 0.15) is 0 Å². The van der Waals surface area contributed by atoms with Crippen LogP contribution in [0.15, 0.2) is 0 Å². The number of nitrogens with one attached hydrogen (secondary N) is 1. The summed E-state index contributed by atoms with van der Waals surface area (Å²) in [5, 5.41) is 8.40. The second kappa shape index (κ2) is 4.95. The Morgan fingerprint density at radius 3 is 3.30 bits per heavy atom. The van der Waals surface area contributed by atoms with Gasteiger partial charge in [0, 0.05) is 17.0 Å². The van der Waals surface area contributed by atoms with Crippen molar-refractivity contribution in [1.29, 1.82) is 0 Å². The van der Waals surface area contributed by atoms with E-state index in [1.807, 2.05) is 0 Å². The normalized spacial score (nSPS) is 12.1. The Balaban J connectivity index is 2.43. The topological polar surface area (TPSA) is 63.1 Å². The zero-order chi connectivity index (χ0) is 7.23. The summed E-state index contributed by atoms with van der Waals surface area (Å²) < 4.78 is 8.74. The maximum atomic E-state index is 8.40. The highest BCUT2D eigenvalue weighted by Crippen LogP contribution is 2.08. The maximum absolute atomic E-state index is 8.40. The smallest absolute Gasteiger partial charge is 0.169 e. The number of aromatic nitrogens is 3. The summed E-state index contributed by atoms with van der Waals surface area (Å²) in [6, 6.07) is 0. The number of aliphatic hydroxyl groups excluding tert-OH is 1. The molecule has 10 heavy (non-hydrogen) atoms. The van der Waals surface area contributed by atoms with Crippen molar-refractivity contribution < 1.29 is 9.94 Å². The predicted molar refractivity (Wildman–Crippen MR) is 44.3 cm³/mol. The summed E-state index contributed by atoms with van der Waals surface area (Å²) in [4.78, 5) is 5.06. The molecule has 0 aliphatic carbocycles. The lowest BCUT2D eigenvalue weighted by molar-refractivity contribution is 0.109. The molecular weight excluding hydrogens is 191 g/mol. The van der Waals surface area contributed by atoms with Crippen LogP contribution in [-0.4, -0.2) is 31.6 Å². The monoisotopic (exact) mass is 199 g/mol. The summed E-state index contributed by atoms with van der Waals surface area (Å²) in [6.45, 7) is 0.402. The number of nitrogens with zero attached hydrogens (tertiary/aromatic N) is 2. The largest absolute Gasteiger partial charge is 0.394 e. The molecule has 0 spiro atoms. The van der Waals surface area contributed by atoms with Gasteiger partial charge >= 0.3 is 0 Å². The van der Waals surface area contributed by atoms with Crippen molar-refractivity contribution in [3.63, 3.8) is 0 Å². The number of rotatable bonds is 3. The van der Waals surface area contributed by atoms with Gasteiger partial charge in [-0.25, -0.2) is 0 Å². The third kappa shape index (κ3) is 2.87. The standard InChI is InChI=1S/C2H8N3O2P3/c6-1-2-7-5-9-3-8-4-10-5/h3,6,8-9H,1-2H2. The van der Waals surface area contributed by atoms with E-state index >= 15 is 0 Å². The van der Waals surface area contributed by atoms with Crippen molar-refractivity contribution in [3.05, 3.63) is 0 Å². The Morgan fingerprint density at radius 1 is 1.80 bits per heavy atom. The van der Waals surface area contributed by atoms with Gasteiger partial charge in [0.2, 0.25) is 0 Å². The Hall–Kier alpha value is 0.220. The SMILES string of the molecule is OCCOn1pn[pH][nH][pH]1. The van der Waals surface area contributed by atoms with Gasteiger partial charge in [-0.3, -0.25) is 4.84 Å². The molecule has 0 fully saturated rings. The van der Waals surface area contributed by atoms with Gasteiger partial charge in [-0.1, -0.05) is 0 Å². The van der Waals surface area contributed by atoms with E-state index in [1.54, 1.807) is 4.26 Å². The minimum Gasteiger partial charge on any atom is -0.394 e. The second-order valence-corrected chi connectivity index (χ2v) is 4.94. The van der Waals surface area contributed by atoms with Crippen LogP contribution < -0.4 is 4.84 Å². The third-order valence-corrected chi connectivity index (χ3v) is 3.51. The fourth-order valence-electron chi connectivity index (χ4n) is 0.369. The van der Waals surface area contributed by atoms with E-state index in [-0.39, 0.29) is 6.61 Å². The zero-order valence-electron chi connectivity index (χ0n) is 5.11. The fourth-order valence-corrected chi connectivity index (χ4v) is 3.43. The molecule has 58 valence electrons. The molecule has 0 bridgehead atoms. The highest BCUT2D eigenvalue weighted by Gasteiger charge is 1.85. The molecule has 2 N–H and O–H groups in total. The lowest BCUT2D eigenvalue weighted by atomic mass is 10.8. The second-order valence-electron chi connectivity index (χ2n) is 1.37. The Morgan fingerprint density at radius 2 is 2.70 bits per heavy atom. The van der Waals surface area contributed by atoms with Crippen LogP contribution in [0.3, 0.4) is 0 Å². The van der Waals surface area contributed by atoms with Gasteiger partial charge in [0.25, 0.3) is 0 Å². The molecule has 8 heteroatoms. The van der Waals surface area contributed by atoms with Gasteiger partial charge in [-0.05, 0) is 0 Å². The molecule has 1 aromatic heterocycles. The van der Waals surface area contributed by atoms with Crippen LogP contribution in [0.4, 0.5) is 0 Å². The number of H-pyrrole nitrogens is 1. The average molecular weight is 199 g/mol. The van der Waals surface area contributed by atoms with Crippen LogP contribution in [-0.2, 0) is 0 Å². The molecule has 0 aliphatic heterocycles. The van der Waals surface area contributed by atoms with Gasteiger partial charge in [-0.15, -0.1) is 0 Å². The van der Waals surface area contributed by atoms with Crippen molar-refractivity contribution in [3.8, 4) is 0 Å². The number of aromatic amines is 1. The average Bonchev–Trinajstić information content (AvgIpc) is 2.03. The summed E-state index contributed by atoms with van der Waals surface area (Å²) >= 11 is 0. The number of hydrogen-bond donors (Lipinski definition) is 2. The molecule has 2 unspecified atom stereocenters. The van der Waals surface area contributed by atoms with E-state index in [0.717, 1.165) is 8.51 Å². The summed E-state index contributed by atoms with van der Waals surface area (Å²) in [5.74, 6) is 0. The number of aliphatic hydroxyl groups is 1. The first-order chi connectivity index (χ1) is 4.93. The first-order valence-corrected chi connectivity index (χ1v) is 5.33. The predicted octanol–water partition coefficient (Wildman–Crippen LogP) is 0.399. The first kappa shape index (κ1) is 8.32. The molecule has 0 saturated carbocycles. The van der Waals surface area contributed by atoms with Crippen molar-refractivity contribution >= 4 is 25.5 Å². The summed E-state index contributed by atoms with van der Waals surface area (Å²) in [5.41, 5.74) is 0. The van der Waals surface area contributed by atoms with Gasteiger partial charge in [0.15, 0.2) is 8.51 Å². The summed E-state index contributed by atoms with van der Waals surface area (Å²) in [7, 11) is 1.78. The van der Waals surface area contributed by atoms with Crippen LogP contribution in [0.5, 0.6) is 0 Å². The minimum absolute atomic E-state index is 0.0544. The molecule has 1 aromatic rings. The lowest BCUT2D eigenvalue weighted by Gasteiger charge is -2.01. The molecule has 0 aromatic carbocycles. The van der Waals surface area contributed by atoms with Crippen LogP contribution in [0, 0.1) is 0 Å². The van der Waals surface area contributed by atoms with Crippen molar-refractivity contribution in [2.45, 2.75) is 0 Å². The molecule has 1 rings (SSSR count). The van der Waals surface area contributed by atoms with Crippen LogP contribution in [0.1, 0.15) is 0 Å². The van der Waals surface area contributed by atoms with Crippen LogP contribution >= 0.6 is 25.5 Å². The molecule has 0 amide bonds. The van der Waals surface area contributed by atoms with E-state index < -0.39 is 0 Å². The van der Waals surface area contributed by atoms with Gasteiger partial charge in [-0.2, -0.15) is 8.76 Å². The highest BCUT2D eigenvalue weighted by molar-refractivity contribution is 7.44. The van der Waals surface area contributed by atoms with E-state index in [4.69, 9.17) is 9.94 Å². The van der Waals surface area contributed by atoms with Crippen molar-refractivity contribution in [1.82, 2.24) is 13.3 Å². The minimum atomic E-state index is 0.0544. The molecule has 2 atom stereocenters. The molecular formula is C2H8N3O2P3. The van der Waals surface area contributed by atoms with Crippen molar-refractivity contribution in [2.75, 3.05) is 13.2 Å². The Labute approximate surface area is 62.7 Å². The molecule has 0 saturated heterocycles. The molecule has 1 heterocycles. The quantitative estimate of drug-likeness (QED) is 0.740. The van der Waals surface area contributed by atoms with E-state index in [1.165, 1.54) is 0 Å².